The second-order valence-corrected chi connectivity index (χ2v) is 5.05. The van der Waals surface area contributed by atoms with Gasteiger partial charge in [-0.2, -0.15) is 0 Å². The van der Waals surface area contributed by atoms with E-state index in [0.29, 0.717) is 5.75 Å². The second-order valence-electron chi connectivity index (χ2n) is 5.05. The van der Waals surface area contributed by atoms with Crippen LogP contribution in [0.1, 0.15) is 0 Å². The number of aliphatic hydroxyl groups excluding tert-OH is 1. The Hall–Kier alpha value is -2.79. The lowest BCUT2D eigenvalue weighted by atomic mass is 10.3. The first-order chi connectivity index (χ1) is 11.3. The zero-order valence-corrected chi connectivity index (χ0v) is 12.6. The predicted octanol–water partition coefficient (Wildman–Crippen LogP) is 2.69. The maximum absolute atomic E-state index is 9.91. The number of para-hydroxylation sites is 1. The summed E-state index contributed by atoms with van der Waals surface area (Å²) in [5, 5.41) is 9.91. The SMILES string of the molecule is O[C@@H](COc1ccccc1)COc1ccc(-n2ccnc2)cc1. The van der Waals surface area contributed by atoms with E-state index in [2.05, 4.69) is 4.98 Å². The molecule has 0 radical (unpaired) electrons. The van der Waals surface area contributed by atoms with E-state index in [1.54, 1.807) is 12.5 Å². The van der Waals surface area contributed by atoms with Crippen LogP contribution in [0.3, 0.4) is 0 Å². The number of imidazole rings is 1. The van der Waals surface area contributed by atoms with Crippen LogP contribution < -0.4 is 9.47 Å². The third kappa shape index (κ3) is 4.34. The van der Waals surface area contributed by atoms with E-state index < -0.39 is 6.10 Å². The van der Waals surface area contributed by atoms with Gasteiger partial charge in [-0.05, 0) is 36.4 Å². The minimum absolute atomic E-state index is 0.178. The van der Waals surface area contributed by atoms with E-state index >= 15 is 0 Å². The van der Waals surface area contributed by atoms with E-state index in [1.165, 1.54) is 0 Å². The minimum atomic E-state index is -0.691. The highest BCUT2D eigenvalue weighted by Gasteiger charge is 2.07. The molecule has 1 atom stereocenters. The van der Waals surface area contributed by atoms with Crippen molar-refractivity contribution in [2.24, 2.45) is 0 Å². The number of aliphatic hydroxyl groups is 1. The minimum Gasteiger partial charge on any atom is -0.491 e. The van der Waals surface area contributed by atoms with Gasteiger partial charge in [-0.25, -0.2) is 4.98 Å². The van der Waals surface area contributed by atoms with Crippen molar-refractivity contribution in [3.63, 3.8) is 0 Å². The smallest absolute Gasteiger partial charge is 0.122 e. The Labute approximate surface area is 134 Å². The summed E-state index contributed by atoms with van der Waals surface area (Å²) in [7, 11) is 0. The lowest BCUT2D eigenvalue weighted by Crippen LogP contribution is -2.25. The number of aromatic nitrogens is 2. The average Bonchev–Trinajstić information content (AvgIpc) is 3.14. The van der Waals surface area contributed by atoms with Gasteiger partial charge in [0.15, 0.2) is 0 Å². The summed E-state index contributed by atoms with van der Waals surface area (Å²) >= 11 is 0. The molecule has 0 amide bonds. The van der Waals surface area contributed by atoms with Crippen molar-refractivity contribution >= 4 is 0 Å². The zero-order chi connectivity index (χ0) is 15.9. The fourth-order valence-electron chi connectivity index (χ4n) is 2.08. The summed E-state index contributed by atoms with van der Waals surface area (Å²) in [4.78, 5) is 4.01. The summed E-state index contributed by atoms with van der Waals surface area (Å²) in [6.45, 7) is 0.369. The molecular weight excluding hydrogens is 292 g/mol. The third-order valence-electron chi connectivity index (χ3n) is 3.27. The number of benzene rings is 2. The van der Waals surface area contributed by atoms with Gasteiger partial charge in [0, 0.05) is 18.1 Å². The van der Waals surface area contributed by atoms with Gasteiger partial charge in [-0.3, -0.25) is 0 Å². The summed E-state index contributed by atoms with van der Waals surface area (Å²) < 4.78 is 13.0. The maximum Gasteiger partial charge on any atom is 0.122 e. The normalized spacial score (nSPS) is 11.9. The van der Waals surface area contributed by atoms with Gasteiger partial charge in [-0.1, -0.05) is 18.2 Å². The number of ether oxygens (including phenoxy) is 2. The molecular formula is C18H18N2O3. The molecule has 0 bridgehead atoms. The van der Waals surface area contributed by atoms with Crippen molar-refractivity contribution in [2.75, 3.05) is 13.2 Å². The van der Waals surface area contributed by atoms with Crippen molar-refractivity contribution in [2.45, 2.75) is 6.10 Å². The molecule has 2 aromatic carbocycles. The largest absolute Gasteiger partial charge is 0.491 e. The predicted molar refractivity (Wildman–Crippen MR) is 87.0 cm³/mol. The van der Waals surface area contributed by atoms with Crippen molar-refractivity contribution in [1.29, 1.82) is 0 Å². The monoisotopic (exact) mass is 310 g/mol. The molecule has 0 fully saturated rings. The van der Waals surface area contributed by atoms with Crippen LogP contribution in [0.2, 0.25) is 0 Å². The Morgan fingerprint density at radius 2 is 1.57 bits per heavy atom. The second kappa shape index (κ2) is 7.47. The van der Waals surface area contributed by atoms with Crippen molar-refractivity contribution in [3.05, 3.63) is 73.3 Å². The molecule has 5 nitrogen and oxygen atoms in total. The molecule has 0 spiro atoms. The van der Waals surface area contributed by atoms with Gasteiger partial charge in [-0.15, -0.1) is 0 Å². The number of nitrogens with zero attached hydrogens (tertiary/aromatic N) is 2. The van der Waals surface area contributed by atoms with Gasteiger partial charge < -0.3 is 19.1 Å². The fourth-order valence-corrected chi connectivity index (χ4v) is 2.08. The number of rotatable bonds is 7. The lowest BCUT2D eigenvalue weighted by molar-refractivity contribution is 0.0626. The molecule has 0 unspecified atom stereocenters. The van der Waals surface area contributed by atoms with Crippen LogP contribution in [0, 0.1) is 0 Å². The van der Waals surface area contributed by atoms with Crippen LogP contribution in [0.15, 0.2) is 73.3 Å². The van der Waals surface area contributed by atoms with Crippen LogP contribution in [0.25, 0.3) is 5.69 Å². The molecule has 1 N–H and O–H groups in total. The molecule has 0 aliphatic carbocycles. The van der Waals surface area contributed by atoms with Gasteiger partial charge in [0.1, 0.15) is 30.8 Å². The van der Waals surface area contributed by atoms with E-state index in [1.807, 2.05) is 65.4 Å². The van der Waals surface area contributed by atoms with Crippen molar-refractivity contribution in [1.82, 2.24) is 9.55 Å². The van der Waals surface area contributed by atoms with Gasteiger partial charge in [0.25, 0.3) is 0 Å². The molecule has 3 rings (SSSR count). The van der Waals surface area contributed by atoms with Gasteiger partial charge >= 0.3 is 0 Å². The van der Waals surface area contributed by atoms with Crippen molar-refractivity contribution in [3.8, 4) is 17.2 Å². The Morgan fingerprint density at radius 1 is 0.913 bits per heavy atom. The average molecular weight is 310 g/mol. The third-order valence-corrected chi connectivity index (χ3v) is 3.27. The molecule has 118 valence electrons. The quantitative estimate of drug-likeness (QED) is 0.729. The zero-order valence-electron chi connectivity index (χ0n) is 12.6. The Morgan fingerprint density at radius 3 is 2.17 bits per heavy atom. The molecule has 1 aromatic heterocycles. The highest BCUT2D eigenvalue weighted by atomic mass is 16.5. The highest BCUT2D eigenvalue weighted by Crippen LogP contribution is 2.15. The topological polar surface area (TPSA) is 56.5 Å². The molecule has 0 saturated heterocycles. The summed E-state index contributed by atoms with van der Waals surface area (Å²) in [5.74, 6) is 1.43. The molecule has 0 saturated carbocycles. The van der Waals surface area contributed by atoms with Gasteiger partial charge in [0.2, 0.25) is 0 Å². The Bertz CT molecular complexity index is 697. The molecule has 23 heavy (non-hydrogen) atoms. The maximum atomic E-state index is 9.91. The molecule has 0 aliphatic heterocycles. The van der Waals surface area contributed by atoms with E-state index in [-0.39, 0.29) is 13.2 Å². The standard InChI is InChI=1S/C18H18N2O3/c21-16(12-22-17-4-2-1-3-5-17)13-23-18-8-6-15(7-9-18)20-11-10-19-14-20/h1-11,14,16,21H,12-13H2/t16-/m0/s1. The molecule has 5 heteroatoms. The van der Waals surface area contributed by atoms with Crippen LogP contribution in [0.5, 0.6) is 11.5 Å². The first-order valence-electron chi connectivity index (χ1n) is 7.38. The van der Waals surface area contributed by atoms with Crippen LogP contribution in [0.4, 0.5) is 0 Å². The van der Waals surface area contributed by atoms with E-state index in [0.717, 1.165) is 11.4 Å². The summed E-state index contributed by atoms with van der Waals surface area (Å²) in [6, 6.07) is 17.0. The molecule has 3 aromatic rings. The van der Waals surface area contributed by atoms with E-state index in [9.17, 15) is 5.11 Å². The van der Waals surface area contributed by atoms with Gasteiger partial charge in [0.05, 0.1) is 6.33 Å². The Balaban J connectivity index is 1.46. The van der Waals surface area contributed by atoms with Crippen molar-refractivity contribution < 1.29 is 14.6 Å². The lowest BCUT2D eigenvalue weighted by Gasteiger charge is -2.14. The fraction of sp³-hybridized carbons (Fsp3) is 0.167. The number of hydrogen-bond donors (Lipinski definition) is 1. The summed E-state index contributed by atoms with van der Waals surface area (Å²) in [6.07, 6.45) is 4.65. The first kappa shape index (κ1) is 15.1. The van der Waals surface area contributed by atoms with Crippen LogP contribution in [-0.2, 0) is 0 Å². The summed E-state index contributed by atoms with van der Waals surface area (Å²) in [5.41, 5.74) is 1.00. The Kier molecular flexibility index (Phi) is 4.91. The molecule has 1 heterocycles. The first-order valence-corrected chi connectivity index (χ1v) is 7.38. The van der Waals surface area contributed by atoms with E-state index in [4.69, 9.17) is 9.47 Å². The van der Waals surface area contributed by atoms with Crippen LogP contribution >= 0.6 is 0 Å². The molecule has 0 aliphatic rings. The highest BCUT2D eigenvalue weighted by molar-refractivity contribution is 5.37. The van der Waals surface area contributed by atoms with Crippen LogP contribution in [-0.4, -0.2) is 34.0 Å². The number of hydrogen-bond acceptors (Lipinski definition) is 4.